The lowest BCUT2D eigenvalue weighted by atomic mass is 9.83. The predicted octanol–water partition coefficient (Wildman–Crippen LogP) is 3.08. The van der Waals surface area contributed by atoms with Gasteiger partial charge in [-0.25, -0.2) is 0 Å². The van der Waals surface area contributed by atoms with Crippen LogP contribution in [0, 0.1) is 17.8 Å². The lowest BCUT2D eigenvalue weighted by molar-refractivity contribution is 0.159. The average Bonchev–Trinajstić information content (AvgIpc) is 2.11. The van der Waals surface area contributed by atoms with Gasteiger partial charge in [0.2, 0.25) is 0 Å². The van der Waals surface area contributed by atoms with Crippen molar-refractivity contribution in [2.75, 3.05) is 6.61 Å². The van der Waals surface area contributed by atoms with Gasteiger partial charge in [-0.3, -0.25) is 0 Å². The smallest absolute Gasteiger partial charge is 0.0459 e. The van der Waals surface area contributed by atoms with Gasteiger partial charge in [-0.15, -0.1) is 0 Å². The summed E-state index contributed by atoms with van der Waals surface area (Å²) in [5.74, 6) is 1.87. The summed E-state index contributed by atoms with van der Waals surface area (Å²) in [5.41, 5.74) is 0. The molecule has 0 amide bonds. The minimum atomic E-state index is 0.331. The van der Waals surface area contributed by atoms with E-state index in [9.17, 15) is 0 Å². The first kappa shape index (κ1) is 12.0. The van der Waals surface area contributed by atoms with Gasteiger partial charge in [0.1, 0.15) is 0 Å². The zero-order valence-corrected chi connectivity index (χ0v) is 9.01. The summed E-state index contributed by atoms with van der Waals surface area (Å²) in [6.07, 6.45) is 3.91. The molecule has 1 nitrogen and oxygen atoms in total. The van der Waals surface area contributed by atoms with Crippen molar-refractivity contribution in [3.63, 3.8) is 0 Å². The van der Waals surface area contributed by atoms with Crippen LogP contribution in [0.3, 0.4) is 0 Å². The molecule has 0 saturated heterocycles. The van der Waals surface area contributed by atoms with Crippen molar-refractivity contribution in [3.8, 4) is 0 Å². The van der Waals surface area contributed by atoms with Gasteiger partial charge in [0.05, 0.1) is 0 Å². The molecule has 1 N–H and O–H groups in total. The van der Waals surface area contributed by atoms with Crippen LogP contribution in [-0.4, -0.2) is 11.7 Å². The predicted molar refractivity (Wildman–Crippen MR) is 54.1 cm³/mol. The molecule has 0 rings (SSSR count). The van der Waals surface area contributed by atoms with Gasteiger partial charge in [-0.2, -0.15) is 0 Å². The molecule has 0 radical (unpaired) electrons. The molecule has 3 unspecified atom stereocenters. The van der Waals surface area contributed by atoms with E-state index in [1.165, 1.54) is 19.3 Å². The van der Waals surface area contributed by atoms with Gasteiger partial charge in [0.15, 0.2) is 0 Å². The molecule has 0 aliphatic heterocycles. The van der Waals surface area contributed by atoms with Crippen molar-refractivity contribution in [3.05, 3.63) is 0 Å². The fourth-order valence-electron chi connectivity index (χ4n) is 1.52. The van der Waals surface area contributed by atoms with Crippen molar-refractivity contribution >= 4 is 0 Å². The Kier molecular flexibility index (Phi) is 6.45. The van der Waals surface area contributed by atoms with E-state index in [2.05, 4.69) is 27.7 Å². The number of rotatable bonds is 6. The van der Waals surface area contributed by atoms with Crippen molar-refractivity contribution in [1.29, 1.82) is 0 Å². The van der Waals surface area contributed by atoms with Crippen LogP contribution in [0.4, 0.5) is 0 Å². The van der Waals surface area contributed by atoms with Crippen LogP contribution in [-0.2, 0) is 0 Å². The molecule has 0 heterocycles. The van der Waals surface area contributed by atoms with Crippen LogP contribution in [0.1, 0.15) is 47.0 Å². The molecule has 0 fully saturated rings. The Morgan fingerprint density at radius 1 is 1.08 bits per heavy atom. The van der Waals surface area contributed by atoms with E-state index in [1.54, 1.807) is 0 Å². The Labute approximate surface area is 77.2 Å². The molecular formula is C11H24O. The zero-order valence-electron chi connectivity index (χ0n) is 9.01. The molecule has 12 heavy (non-hydrogen) atoms. The zero-order chi connectivity index (χ0) is 9.56. The Bertz CT molecular complexity index is 101. The molecule has 0 spiro atoms. The quantitative estimate of drug-likeness (QED) is 0.653. The lowest BCUT2D eigenvalue weighted by Crippen LogP contribution is -2.19. The molecule has 0 aliphatic rings. The average molecular weight is 172 g/mol. The van der Waals surface area contributed by atoms with Crippen LogP contribution in [0.2, 0.25) is 0 Å². The lowest BCUT2D eigenvalue weighted by Gasteiger charge is -2.24. The highest BCUT2D eigenvalue weighted by Gasteiger charge is 2.17. The molecule has 0 aromatic heterocycles. The Morgan fingerprint density at radius 3 is 2.08 bits per heavy atom. The largest absolute Gasteiger partial charge is 0.396 e. The molecule has 3 atom stereocenters. The monoisotopic (exact) mass is 172 g/mol. The van der Waals surface area contributed by atoms with Gasteiger partial charge in [-0.05, 0) is 17.8 Å². The van der Waals surface area contributed by atoms with Gasteiger partial charge in [0, 0.05) is 6.61 Å². The maximum Gasteiger partial charge on any atom is 0.0459 e. The number of aliphatic hydroxyl groups excluding tert-OH is 1. The summed E-state index contributed by atoms with van der Waals surface area (Å²) < 4.78 is 0. The Balaban J connectivity index is 3.67. The summed E-state index contributed by atoms with van der Waals surface area (Å²) in [4.78, 5) is 0. The molecule has 1 heteroatoms. The van der Waals surface area contributed by atoms with Crippen molar-refractivity contribution < 1.29 is 5.11 Å². The summed E-state index contributed by atoms with van der Waals surface area (Å²) in [6.45, 7) is 9.24. The molecule has 0 aromatic rings. The van der Waals surface area contributed by atoms with Crippen LogP contribution < -0.4 is 0 Å². The molecule has 0 bridgehead atoms. The standard InChI is InChI=1S/C11H24O/c1-5-6-7-9(2)11(4)10(3)8-12/h9-12H,5-8H2,1-4H3. The molecule has 0 aliphatic carbocycles. The maximum atomic E-state index is 8.98. The van der Waals surface area contributed by atoms with E-state index in [1.807, 2.05) is 0 Å². The summed E-state index contributed by atoms with van der Waals surface area (Å²) in [5, 5.41) is 8.98. The highest BCUT2D eigenvalue weighted by atomic mass is 16.3. The topological polar surface area (TPSA) is 20.2 Å². The van der Waals surface area contributed by atoms with Crippen LogP contribution in [0.25, 0.3) is 0 Å². The third kappa shape index (κ3) is 4.10. The SMILES string of the molecule is CCCCC(C)C(C)C(C)CO. The van der Waals surface area contributed by atoms with E-state index in [0.29, 0.717) is 18.4 Å². The molecule has 0 saturated carbocycles. The summed E-state index contributed by atoms with van der Waals surface area (Å²) in [7, 11) is 0. The highest BCUT2D eigenvalue weighted by Crippen LogP contribution is 2.24. The first-order chi connectivity index (χ1) is 5.63. The number of unbranched alkanes of at least 4 members (excludes halogenated alkanes) is 1. The third-order valence-electron chi connectivity index (χ3n) is 3.10. The van der Waals surface area contributed by atoms with Gasteiger partial charge in [-0.1, -0.05) is 47.0 Å². The van der Waals surface area contributed by atoms with Crippen LogP contribution in [0.15, 0.2) is 0 Å². The van der Waals surface area contributed by atoms with E-state index in [-0.39, 0.29) is 0 Å². The van der Waals surface area contributed by atoms with Crippen molar-refractivity contribution in [1.82, 2.24) is 0 Å². The highest BCUT2D eigenvalue weighted by molar-refractivity contribution is 4.67. The summed E-state index contributed by atoms with van der Waals surface area (Å²) >= 11 is 0. The Hall–Kier alpha value is -0.0400. The normalized spacial score (nSPS) is 18.8. The van der Waals surface area contributed by atoms with Crippen molar-refractivity contribution in [2.45, 2.75) is 47.0 Å². The maximum absolute atomic E-state index is 8.98. The number of aliphatic hydroxyl groups is 1. The van der Waals surface area contributed by atoms with Crippen molar-refractivity contribution in [2.24, 2.45) is 17.8 Å². The fourth-order valence-corrected chi connectivity index (χ4v) is 1.52. The third-order valence-corrected chi connectivity index (χ3v) is 3.10. The first-order valence-corrected chi connectivity index (χ1v) is 5.24. The van der Waals surface area contributed by atoms with E-state index < -0.39 is 0 Å². The van der Waals surface area contributed by atoms with Gasteiger partial charge in [0.25, 0.3) is 0 Å². The molecular weight excluding hydrogens is 148 g/mol. The number of hydrogen-bond donors (Lipinski definition) is 1. The minimum absolute atomic E-state index is 0.331. The second kappa shape index (κ2) is 6.47. The van der Waals surface area contributed by atoms with Crippen LogP contribution >= 0.6 is 0 Å². The second-order valence-electron chi connectivity index (χ2n) is 4.14. The van der Waals surface area contributed by atoms with E-state index in [4.69, 9.17) is 5.11 Å². The minimum Gasteiger partial charge on any atom is -0.396 e. The van der Waals surface area contributed by atoms with Crippen LogP contribution in [0.5, 0.6) is 0 Å². The first-order valence-electron chi connectivity index (χ1n) is 5.24. The Morgan fingerprint density at radius 2 is 1.67 bits per heavy atom. The van der Waals surface area contributed by atoms with E-state index >= 15 is 0 Å². The van der Waals surface area contributed by atoms with E-state index in [0.717, 1.165) is 5.92 Å². The van der Waals surface area contributed by atoms with Gasteiger partial charge < -0.3 is 5.11 Å². The number of hydrogen-bond acceptors (Lipinski definition) is 1. The van der Waals surface area contributed by atoms with Gasteiger partial charge >= 0.3 is 0 Å². The fraction of sp³-hybridized carbons (Fsp3) is 1.00. The molecule has 0 aromatic carbocycles. The molecule has 74 valence electrons. The summed E-state index contributed by atoms with van der Waals surface area (Å²) in [6, 6.07) is 0. The second-order valence-corrected chi connectivity index (χ2v) is 4.14.